The van der Waals surface area contributed by atoms with Gasteiger partial charge < -0.3 is 9.64 Å². The summed E-state index contributed by atoms with van der Waals surface area (Å²) >= 11 is 0. The summed E-state index contributed by atoms with van der Waals surface area (Å²) < 4.78 is 5.04. The average molecular weight is 483 g/mol. The van der Waals surface area contributed by atoms with E-state index in [4.69, 9.17) is 4.74 Å². The summed E-state index contributed by atoms with van der Waals surface area (Å²) in [6.45, 7) is 1.94. The first-order valence-corrected chi connectivity index (χ1v) is 10.9. The summed E-state index contributed by atoms with van der Waals surface area (Å²) in [7, 11) is 1.50. The second-order valence-electron chi connectivity index (χ2n) is 7.82. The summed E-state index contributed by atoms with van der Waals surface area (Å²) in [6.07, 6.45) is 0.452. The summed E-state index contributed by atoms with van der Waals surface area (Å²) in [5.41, 5.74) is 1.39. The Bertz CT molecular complexity index is 1150. The molecule has 1 aliphatic heterocycles. The molecule has 0 aromatic heterocycles. The highest BCUT2D eigenvalue weighted by Crippen LogP contribution is 2.34. The fraction of sp³-hybridized carbons (Fsp3) is 0.348. The van der Waals surface area contributed by atoms with E-state index >= 15 is 0 Å². The van der Waals surface area contributed by atoms with E-state index in [0.29, 0.717) is 16.8 Å². The first kappa shape index (κ1) is 25.4. The first-order valence-electron chi connectivity index (χ1n) is 10.9. The minimum atomic E-state index is -0.645. The van der Waals surface area contributed by atoms with Crippen LogP contribution in [0.5, 0.6) is 0 Å². The van der Waals surface area contributed by atoms with Gasteiger partial charge in [-0.05, 0) is 23.3 Å². The minimum absolute atomic E-state index is 0.0811. The highest BCUT2D eigenvalue weighted by molar-refractivity contribution is 6.03. The lowest BCUT2D eigenvalue weighted by Gasteiger charge is -2.26. The molecule has 0 unspecified atom stereocenters. The zero-order chi connectivity index (χ0) is 25.5. The summed E-state index contributed by atoms with van der Waals surface area (Å²) in [6, 6.07) is 11.1. The van der Waals surface area contributed by atoms with Crippen molar-refractivity contribution in [2.45, 2.75) is 25.8 Å². The van der Waals surface area contributed by atoms with Gasteiger partial charge in [0.25, 0.3) is 17.3 Å². The quantitative estimate of drug-likeness (QED) is 0.372. The highest BCUT2D eigenvalue weighted by Gasteiger charge is 2.35. The molecule has 1 atom stereocenters. The van der Waals surface area contributed by atoms with E-state index in [-0.39, 0.29) is 49.8 Å². The van der Waals surface area contributed by atoms with Crippen molar-refractivity contribution in [1.82, 2.24) is 9.91 Å². The van der Waals surface area contributed by atoms with Crippen LogP contribution in [0.25, 0.3) is 0 Å². The van der Waals surface area contributed by atoms with Crippen molar-refractivity contribution >= 4 is 28.9 Å². The van der Waals surface area contributed by atoms with Crippen molar-refractivity contribution < 1.29 is 24.2 Å². The fourth-order valence-electron chi connectivity index (χ4n) is 3.75. The standard InChI is InChI=1S/C23H25N5O7/c1-3-22(29)25(11-12-35-2)15-23(30)26-21(17-5-4-6-19(13-17)28(33)34)14-20(24-26)16-7-9-18(10-8-16)27(31)32/h4-10,13,21H,3,11-12,14-15H2,1-2H3/t21-/m1/s1. The largest absolute Gasteiger partial charge is 0.383 e. The van der Waals surface area contributed by atoms with Crippen LogP contribution in [0.2, 0.25) is 0 Å². The van der Waals surface area contributed by atoms with E-state index in [1.165, 1.54) is 47.4 Å². The van der Waals surface area contributed by atoms with E-state index in [0.717, 1.165) is 0 Å². The molecular formula is C23H25N5O7. The molecule has 0 radical (unpaired) electrons. The van der Waals surface area contributed by atoms with Gasteiger partial charge >= 0.3 is 0 Å². The van der Waals surface area contributed by atoms with E-state index in [1.54, 1.807) is 25.1 Å². The van der Waals surface area contributed by atoms with E-state index < -0.39 is 21.8 Å². The van der Waals surface area contributed by atoms with Crippen LogP contribution in [-0.2, 0) is 14.3 Å². The summed E-state index contributed by atoms with van der Waals surface area (Å²) in [4.78, 5) is 48.3. The zero-order valence-electron chi connectivity index (χ0n) is 19.3. The molecule has 0 N–H and O–H groups in total. The Kier molecular flexibility index (Phi) is 8.21. The van der Waals surface area contributed by atoms with E-state index in [9.17, 15) is 29.8 Å². The number of hydrogen-bond donors (Lipinski definition) is 0. The molecule has 1 heterocycles. The molecule has 0 spiro atoms. The number of rotatable bonds is 10. The number of benzene rings is 2. The predicted molar refractivity (Wildman–Crippen MR) is 126 cm³/mol. The fourth-order valence-corrected chi connectivity index (χ4v) is 3.75. The maximum Gasteiger partial charge on any atom is 0.269 e. The smallest absolute Gasteiger partial charge is 0.269 e. The topological polar surface area (TPSA) is 148 Å². The number of hydrazone groups is 1. The van der Waals surface area contributed by atoms with Crippen molar-refractivity contribution in [1.29, 1.82) is 0 Å². The summed E-state index contributed by atoms with van der Waals surface area (Å²) in [5.74, 6) is -0.683. The van der Waals surface area contributed by atoms with Crippen LogP contribution in [0.3, 0.4) is 0 Å². The van der Waals surface area contributed by atoms with E-state index in [1.807, 2.05) is 0 Å². The Balaban J connectivity index is 1.95. The number of ether oxygens (including phenoxy) is 1. The molecule has 0 aliphatic carbocycles. The van der Waals surface area contributed by atoms with Crippen molar-refractivity contribution in [3.05, 3.63) is 79.9 Å². The number of nitro groups is 2. The predicted octanol–water partition coefficient (Wildman–Crippen LogP) is 3.07. The van der Waals surface area contributed by atoms with Crippen molar-refractivity contribution in [2.24, 2.45) is 5.10 Å². The van der Waals surface area contributed by atoms with Crippen LogP contribution in [0, 0.1) is 20.2 Å². The Labute approximate surface area is 201 Å². The van der Waals surface area contributed by atoms with Crippen molar-refractivity contribution in [2.75, 3.05) is 26.8 Å². The van der Waals surface area contributed by atoms with Gasteiger partial charge in [0, 0.05) is 50.8 Å². The monoisotopic (exact) mass is 483 g/mol. The number of nitro benzene ring substituents is 2. The van der Waals surface area contributed by atoms with Crippen molar-refractivity contribution in [3.8, 4) is 0 Å². The van der Waals surface area contributed by atoms with Gasteiger partial charge in [0.2, 0.25) is 5.91 Å². The molecule has 1 aliphatic rings. The van der Waals surface area contributed by atoms with Gasteiger partial charge in [-0.25, -0.2) is 5.01 Å². The van der Waals surface area contributed by atoms with Crippen LogP contribution in [0.1, 0.15) is 36.9 Å². The molecule has 184 valence electrons. The normalized spacial score (nSPS) is 15.0. The van der Waals surface area contributed by atoms with Gasteiger partial charge in [-0.15, -0.1) is 0 Å². The summed E-state index contributed by atoms with van der Waals surface area (Å²) in [5, 5.41) is 28.0. The van der Waals surface area contributed by atoms with Crippen molar-refractivity contribution in [3.63, 3.8) is 0 Å². The third-order valence-electron chi connectivity index (χ3n) is 5.59. The van der Waals surface area contributed by atoms with Gasteiger partial charge in [0.1, 0.15) is 6.54 Å². The van der Waals surface area contributed by atoms with Gasteiger partial charge in [0.15, 0.2) is 0 Å². The Morgan fingerprint density at radius 2 is 1.80 bits per heavy atom. The molecule has 2 amide bonds. The highest BCUT2D eigenvalue weighted by atomic mass is 16.6. The van der Waals surface area contributed by atoms with Crippen LogP contribution in [-0.4, -0.2) is 64.1 Å². The maximum atomic E-state index is 13.3. The van der Waals surface area contributed by atoms with Gasteiger partial charge in [-0.1, -0.05) is 19.1 Å². The third-order valence-corrected chi connectivity index (χ3v) is 5.59. The van der Waals surface area contributed by atoms with Crippen LogP contribution in [0.4, 0.5) is 11.4 Å². The number of methoxy groups -OCH3 is 1. The second-order valence-corrected chi connectivity index (χ2v) is 7.82. The maximum absolute atomic E-state index is 13.3. The molecule has 12 heteroatoms. The van der Waals surface area contributed by atoms with Crippen LogP contribution < -0.4 is 0 Å². The number of amides is 2. The molecular weight excluding hydrogens is 458 g/mol. The van der Waals surface area contributed by atoms with Gasteiger partial charge in [-0.3, -0.25) is 29.8 Å². The molecule has 0 fully saturated rings. The lowest BCUT2D eigenvalue weighted by atomic mass is 9.98. The second kappa shape index (κ2) is 11.3. The zero-order valence-corrected chi connectivity index (χ0v) is 19.3. The lowest BCUT2D eigenvalue weighted by molar-refractivity contribution is -0.385. The van der Waals surface area contributed by atoms with Gasteiger partial charge in [0.05, 0.1) is 28.2 Å². The molecule has 0 bridgehead atoms. The molecule has 0 saturated heterocycles. The SMILES string of the molecule is CCC(=O)N(CCOC)CC(=O)N1N=C(c2ccc([N+](=O)[O-])cc2)C[C@@H]1c1cccc([N+](=O)[O-])c1. The molecule has 12 nitrogen and oxygen atoms in total. The molecule has 35 heavy (non-hydrogen) atoms. The first-order chi connectivity index (χ1) is 16.7. The molecule has 3 rings (SSSR count). The number of non-ortho nitro benzene ring substituents is 2. The third kappa shape index (κ3) is 6.03. The lowest BCUT2D eigenvalue weighted by Crippen LogP contribution is -2.42. The Morgan fingerprint density at radius 3 is 2.40 bits per heavy atom. The number of carbonyl (C=O) groups is 2. The number of nitrogens with zero attached hydrogens (tertiary/aromatic N) is 5. The minimum Gasteiger partial charge on any atom is -0.383 e. The van der Waals surface area contributed by atoms with E-state index in [2.05, 4.69) is 5.10 Å². The van der Waals surface area contributed by atoms with Gasteiger partial charge in [-0.2, -0.15) is 5.10 Å². The van der Waals surface area contributed by atoms with Crippen LogP contribution in [0.15, 0.2) is 53.6 Å². The Hall–Kier alpha value is -4.19. The average Bonchev–Trinajstić information content (AvgIpc) is 3.32. The molecule has 2 aromatic carbocycles. The van der Waals surface area contributed by atoms with Crippen LogP contribution >= 0.6 is 0 Å². The number of hydrogen-bond acceptors (Lipinski definition) is 8. The Morgan fingerprint density at radius 1 is 1.11 bits per heavy atom. The molecule has 0 saturated carbocycles. The molecule has 2 aromatic rings. The number of carbonyl (C=O) groups excluding carboxylic acids is 2.